The third kappa shape index (κ3) is 5.01. The fraction of sp³-hybridized carbons (Fsp3) is 0.0870. The molecule has 2 aromatic carbocycles. The van der Waals surface area contributed by atoms with Gasteiger partial charge < -0.3 is 14.5 Å². The first-order valence-electron chi connectivity index (χ1n) is 9.59. The van der Waals surface area contributed by atoms with Crippen molar-refractivity contribution in [2.75, 3.05) is 17.2 Å². The molecule has 0 unspecified atom stereocenters. The van der Waals surface area contributed by atoms with Crippen LogP contribution in [-0.2, 0) is 4.79 Å². The van der Waals surface area contributed by atoms with Crippen molar-refractivity contribution in [3.8, 4) is 17.0 Å². The number of hydrogen-bond acceptors (Lipinski definition) is 6. The van der Waals surface area contributed by atoms with Crippen LogP contribution in [0.15, 0.2) is 71.3 Å². The zero-order valence-corrected chi connectivity index (χ0v) is 17.7. The van der Waals surface area contributed by atoms with Gasteiger partial charge in [-0.25, -0.2) is 9.37 Å². The highest BCUT2D eigenvalue weighted by Gasteiger charge is 2.19. The Bertz CT molecular complexity index is 1240. The second-order valence-electron chi connectivity index (χ2n) is 6.76. The first-order valence-corrected chi connectivity index (χ1v) is 10.4. The standard InChI is InChI=1S/C23H18FN3O4S/c1-14-8-10-15(11-9-14)20-22(27-21(29)18-7-4-12-30-18)32-23(26-20)25-19(28)13-31-17-6-3-2-5-16(17)24/h2-12H,13H2,1H3,(H,27,29)(H,25,26,28). The van der Waals surface area contributed by atoms with Crippen LogP contribution in [0.3, 0.4) is 0 Å². The van der Waals surface area contributed by atoms with Crippen molar-refractivity contribution < 1.29 is 23.1 Å². The van der Waals surface area contributed by atoms with Crippen LogP contribution < -0.4 is 15.4 Å². The molecule has 0 fully saturated rings. The van der Waals surface area contributed by atoms with E-state index in [4.69, 9.17) is 9.15 Å². The molecule has 0 spiro atoms. The molecule has 0 aliphatic rings. The first kappa shape index (κ1) is 21.3. The number of nitrogens with one attached hydrogen (secondary N) is 2. The number of benzene rings is 2. The Kier molecular flexibility index (Phi) is 6.27. The molecule has 0 saturated heterocycles. The number of anilines is 2. The first-order chi connectivity index (χ1) is 15.5. The van der Waals surface area contributed by atoms with Crippen LogP contribution in [0.25, 0.3) is 11.3 Å². The monoisotopic (exact) mass is 451 g/mol. The fourth-order valence-electron chi connectivity index (χ4n) is 2.80. The topological polar surface area (TPSA) is 93.5 Å². The zero-order valence-electron chi connectivity index (χ0n) is 16.9. The Balaban J connectivity index is 1.53. The van der Waals surface area contributed by atoms with Crippen LogP contribution in [0, 0.1) is 12.7 Å². The summed E-state index contributed by atoms with van der Waals surface area (Å²) in [7, 11) is 0. The number of carbonyl (C=O) groups excluding carboxylic acids is 2. The summed E-state index contributed by atoms with van der Waals surface area (Å²) in [5.74, 6) is -1.38. The normalized spacial score (nSPS) is 10.6. The van der Waals surface area contributed by atoms with Crippen molar-refractivity contribution in [3.63, 3.8) is 0 Å². The Morgan fingerprint density at radius 1 is 1.06 bits per heavy atom. The van der Waals surface area contributed by atoms with Gasteiger partial charge in [-0.2, -0.15) is 0 Å². The smallest absolute Gasteiger partial charge is 0.292 e. The second kappa shape index (κ2) is 9.44. The number of para-hydroxylation sites is 1. The Hall–Kier alpha value is -3.98. The molecule has 2 aromatic heterocycles. The molecule has 0 atom stereocenters. The average Bonchev–Trinajstić information content (AvgIpc) is 3.44. The van der Waals surface area contributed by atoms with Crippen molar-refractivity contribution in [2.24, 2.45) is 0 Å². The molecule has 2 amide bonds. The molecule has 2 N–H and O–H groups in total. The van der Waals surface area contributed by atoms with Crippen molar-refractivity contribution >= 4 is 33.3 Å². The molecule has 4 rings (SSSR count). The number of ether oxygens (including phenoxy) is 1. The quantitative estimate of drug-likeness (QED) is 0.407. The molecule has 32 heavy (non-hydrogen) atoms. The molecule has 0 bridgehead atoms. The van der Waals surface area contributed by atoms with Crippen molar-refractivity contribution in [2.45, 2.75) is 6.92 Å². The van der Waals surface area contributed by atoms with Gasteiger partial charge in [-0.05, 0) is 31.2 Å². The number of nitrogens with zero attached hydrogens (tertiary/aromatic N) is 1. The van der Waals surface area contributed by atoms with Gasteiger partial charge in [-0.1, -0.05) is 53.3 Å². The second-order valence-corrected chi connectivity index (χ2v) is 7.76. The molecule has 4 aromatic rings. The van der Waals surface area contributed by atoms with Gasteiger partial charge >= 0.3 is 0 Å². The van der Waals surface area contributed by atoms with Gasteiger partial charge in [0.15, 0.2) is 29.1 Å². The van der Waals surface area contributed by atoms with E-state index in [0.717, 1.165) is 22.5 Å². The lowest BCUT2D eigenvalue weighted by atomic mass is 10.1. The van der Waals surface area contributed by atoms with Crippen molar-refractivity contribution in [3.05, 3.63) is 84.1 Å². The van der Waals surface area contributed by atoms with Crippen LogP contribution in [0.4, 0.5) is 14.5 Å². The Labute approximate surface area is 186 Å². The van der Waals surface area contributed by atoms with Crippen LogP contribution in [0.5, 0.6) is 5.75 Å². The highest BCUT2D eigenvalue weighted by molar-refractivity contribution is 7.20. The maximum atomic E-state index is 13.7. The van der Waals surface area contributed by atoms with Crippen LogP contribution in [-0.4, -0.2) is 23.4 Å². The Morgan fingerprint density at radius 3 is 2.56 bits per heavy atom. The van der Waals surface area contributed by atoms with Gasteiger partial charge in [0.25, 0.3) is 11.8 Å². The number of carbonyl (C=O) groups is 2. The maximum absolute atomic E-state index is 13.7. The predicted molar refractivity (Wildman–Crippen MR) is 119 cm³/mol. The number of furan rings is 1. The van der Waals surface area contributed by atoms with E-state index >= 15 is 0 Å². The molecule has 162 valence electrons. The third-order valence-corrected chi connectivity index (χ3v) is 5.25. The summed E-state index contributed by atoms with van der Waals surface area (Å²) in [5.41, 5.74) is 2.34. The molecule has 2 heterocycles. The van der Waals surface area contributed by atoms with Crippen LogP contribution in [0.1, 0.15) is 16.1 Å². The minimum atomic E-state index is -0.556. The third-order valence-electron chi connectivity index (χ3n) is 4.37. The molecule has 0 aliphatic heterocycles. The molecule has 9 heteroatoms. The van der Waals surface area contributed by atoms with E-state index in [1.807, 2.05) is 31.2 Å². The number of rotatable bonds is 7. The molecule has 7 nitrogen and oxygen atoms in total. The summed E-state index contributed by atoms with van der Waals surface area (Å²) >= 11 is 1.09. The number of amides is 2. The number of thiazole rings is 1. The number of hydrogen-bond donors (Lipinski definition) is 2. The summed E-state index contributed by atoms with van der Waals surface area (Å²) in [6, 6.07) is 16.6. The summed E-state index contributed by atoms with van der Waals surface area (Å²) in [6.07, 6.45) is 1.41. The molecule has 0 saturated carbocycles. The predicted octanol–water partition coefficient (Wildman–Crippen LogP) is 5.12. The van der Waals surface area contributed by atoms with E-state index in [-0.39, 0.29) is 16.6 Å². The van der Waals surface area contributed by atoms with Gasteiger partial charge in [0.2, 0.25) is 0 Å². The molecule has 0 radical (unpaired) electrons. The summed E-state index contributed by atoms with van der Waals surface area (Å²) in [5, 5.41) is 6.11. The van der Waals surface area contributed by atoms with E-state index in [1.54, 1.807) is 18.2 Å². The van der Waals surface area contributed by atoms with Crippen LogP contribution in [0.2, 0.25) is 0 Å². The number of aromatic nitrogens is 1. The minimum absolute atomic E-state index is 0.0199. The van der Waals surface area contributed by atoms with E-state index in [1.165, 1.54) is 24.5 Å². The molecular weight excluding hydrogens is 433 g/mol. The lowest BCUT2D eigenvalue weighted by molar-refractivity contribution is -0.118. The minimum Gasteiger partial charge on any atom is -0.481 e. The Morgan fingerprint density at radius 2 is 1.84 bits per heavy atom. The lowest BCUT2D eigenvalue weighted by Gasteiger charge is -2.06. The zero-order chi connectivity index (χ0) is 22.5. The molecule has 0 aliphatic carbocycles. The van der Waals surface area contributed by atoms with Gasteiger partial charge in [0.05, 0.1) is 6.26 Å². The summed E-state index contributed by atoms with van der Waals surface area (Å²) in [4.78, 5) is 29.2. The van der Waals surface area contributed by atoms with Gasteiger partial charge in [0, 0.05) is 5.56 Å². The van der Waals surface area contributed by atoms with Crippen LogP contribution >= 0.6 is 11.3 Å². The van der Waals surface area contributed by atoms with Gasteiger partial charge in [-0.15, -0.1) is 0 Å². The highest BCUT2D eigenvalue weighted by Crippen LogP contribution is 2.36. The van der Waals surface area contributed by atoms with E-state index in [0.29, 0.717) is 10.7 Å². The van der Waals surface area contributed by atoms with Gasteiger partial charge in [0.1, 0.15) is 10.7 Å². The number of aryl methyl sites for hydroxylation is 1. The molecular formula is C23H18FN3O4S. The van der Waals surface area contributed by atoms with E-state index < -0.39 is 24.2 Å². The SMILES string of the molecule is Cc1ccc(-c2nc(NC(=O)COc3ccccc3F)sc2NC(=O)c2ccco2)cc1. The maximum Gasteiger partial charge on any atom is 0.292 e. The number of halogens is 1. The summed E-state index contributed by atoms with van der Waals surface area (Å²) in [6.45, 7) is 1.57. The fourth-order valence-corrected chi connectivity index (χ4v) is 3.70. The van der Waals surface area contributed by atoms with Crippen molar-refractivity contribution in [1.82, 2.24) is 4.98 Å². The average molecular weight is 451 g/mol. The van der Waals surface area contributed by atoms with E-state index in [2.05, 4.69) is 15.6 Å². The summed E-state index contributed by atoms with van der Waals surface area (Å²) < 4.78 is 24.0. The van der Waals surface area contributed by atoms with Gasteiger partial charge in [-0.3, -0.25) is 14.9 Å². The van der Waals surface area contributed by atoms with Crippen molar-refractivity contribution in [1.29, 1.82) is 0 Å². The highest BCUT2D eigenvalue weighted by atomic mass is 32.1. The van der Waals surface area contributed by atoms with E-state index in [9.17, 15) is 14.0 Å². The largest absolute Gasteiger partial charge is 0.481 e. The lowest BCUT2D eigenvalue weighted by Crippen LogP contribution is -2.20.